The molecule has 0 bridgehead atoms. The van der Waals surface area contributed by atoms with Gasteiger partial charge in [0.25, 0.3) is 11.8 Å². The Hall–Kier alpha value is -3.00. The van der Waals surface area contributed by atoms with Crippen molar-refractivity contribution in [2.24, 2.45) is 0 Å². The number of benzene rings is 1. The molecule has 4 amide bonds. The van der Waals surface area contributed by atoms with Gasteiger partial charge < -0.3 is 9.80 Å². The van der Waals surface area contributed by atoms with E-state index in [4.69, 9.17) is 0 Å². The van der Waals surface area contributed by atoms with Crippen molar-refractivity contribution >= 4 is 35.0 Å². The summed E-state index contributed by atoms with van der Waals surface area (Å²) < 4.78 is 0. The SMILES string of the molecule is O=C1CCC(N2Cc3cc(C(=O)N(Cc4cccs4)C4CC4)ccc3C2=O)C(=O)N1. The number of hydrogen-bond donors (Lipinski definition) is 1. The second-order valence-corrected chi connectivity index (χ2v) is 9.05. The van der Waals surface area contributed by atoms with E-state index in [1.165, 1.54) is 4.90 Å². The van der Waals surface area contributed by atoms with Crippen LogP contribution in [0.5, 0.6) is 0 Å². The summed E-state index contributed by atoms with van der Waals surface area (Å²) in [6.07, 6.45) is 2.58. The number of carbonyl (C=O) groups is 4. The molecule has 154 valence electrons. The topological polar surface area (TPSA) is 86.8 Å². The van der Waals surface area contributed by atoms with Crippen LogP contribution in [0.25, 0.3) is 0 Å². The first kappa shape index (κ1) is 19.0. The van der Waals surface area contributed by atoms with Gasteiger partial charge in [0.05, 0.1) is 6.54 Å². The Morgan fingerprint density at radius 2 is 2.00 bits per heavy atom. The number of amides is 4. The summed E-state index contributed by atoms with van der Waals surface area (Å²) in [6, 6.07) is 8.82. The quantitative estimate of drug-likeness (QED) is 0.748. The fraction of sp³-hybridized carbons (Fsp3) is 0.364. The zero-order chi connectivity index (χ0) is 20.8. The van der Waals surface area contributed by atoms with E-state index in [9.17, 15) is 19.2 Å². The van der Waals surface area contributed by atoms with Gasteiger partial charge in [0.15, 0.2) is 0 Å². The molecule has 3 aliphatic rings. The lowest BCUT2D eigenvalue weighted by Crippen LogP contribution is -2.52. The van der Waals surface area contributed by atoms with Gasteiger partial charge in [0, 0.05) is 35.0 Å². The summed E-state index contributed by atoms with van der Waals surface area (Å²) in [4.78, 5) is 54.3. The normalized spacial score (nSPS) is 20.9. The summed E-state index contributed by atoms with van der Waals surface area (Å²) >= 11 is 1.64. The number of thiophene rings is 1. The average molecular weight is 423 g/mol. The van der Waals surface area contributed by atoms with E-state index in [-0.39, 0.29) is 36.7 Å². The molecule has 0 radical (unpaired) electrons. The van der Waals surface area contributed by atoms with Crippen molar-refractivity contribution in [2.45, 2.75) is 50.9 Å². The molecule has 5 rings (SSSR count). The maximum absolute atomic E-state index is 13.2. The lowest BCUT2D eigenvalue weighted by Gasteiger charge is -2.29. The lowest BCUT2D eigenvalue weighted by atomic mass is 10.0. The van der Waals surface area contributed by atoms with Crippen molar-refractivity contribution in [1.82, 2.24) is 15.1 Å². The number of rotatable bonds is 5. The Balaban J connectivity index is 1.36. The molecule has 1 aromatic heterocycles. The number of hydrogen-bond acceptors (Lipinski definition) is 5. The second-order valence-electron chi connectivity index (χ2n) is 8.02. The molecule has 1 saturated heterocycles. The summed E-state index contributed by atoms with van der Waals surface area (Å²) in [7, 11) is 0. The Morgan fingerprint density at radius 3 is 2.70 bits per heavy atom. The minimum absolute atomic E-state index is 0.0272. The maximum atomic E-state index is 13.2. The minimum Gasteiger partial charge on any atom is -0.331 e. The zero-order valence-electron chi connectivity index (χ0n) is 16.3. The van der Waals surface area contributed by atoms with Crippen LogP contribution in [0, 0.1) is 0 Å². The fourth-order valence-electron chi connectivity index (χ4n) is 4.20. The highest BCUT2D eigenvalue weighted by atomic mass is 32.1. The van der Waals surface area contributed by atoms with Crippen LogP contribution in [0.1, 0.15) is 56.8 Å². The summed E-state index contributed by atoms with van der Waals surface area (Å²) in [5.41, 5.74) is 1.84. The Kier molecular flexibility index (Phi) is 4.66. The molecule has 2 fully saturated rings. The Labute approximate surface area is 177 Å². The van der Waals surface area contributed by atoms with Crippen molar-refractivity contribution in [3.63, 3.8) is 0 Å². The van der Waals surface area contributed by atoms with Crippen LogP contribution in [0.4, 0.5) is 0 Å². The third-order valence-corrected chi connectivity index (χ3v) is 6.79. The van der Waals surface area contributed by atoms with E-state index in [1.54, 1.807) is 29.5 Å². The summed E-state index contributed by atoms with van der Waals surface area (Å²) in [5.74, 6) is -0.990. The smallest absolute Gasteiger partial charge is 0.255 e. The van der Waals surface area contributed by atoms with Gasteiger partial charge in [0.1, 0.15) is 6.04 Å². The molecule has 8 heteroatoms. The van der Waals surface area contributed by atoms with E-state index in [0.29, 0.717) is 24.1 Å². The standard InChI is InChI=1S/C22H21N3O4S/c26-19-8-7-18(20(27)23-19)25-11-14-10-13(3-6-17(14)22(25)29)21(28)24(15-4-5-15)12-16-2-1-9-30-16/h1-3,6,9-10,15,18H,4-5,7-8,11-12H2,(H,23,26,27). The molecule has 2 aliphatic heterocycles. The van der Waals surface area contributed by atoms with E-state index in [2.05, 4.69) is 5.32 Å². The predicted molar refractivity (Wildman–Crippen MR) is 110 cm³/mol. The van der Waals surface area contributed by atoms with Gasteiger partial charge in [-0.25, -0.2) is 0 Å². The predicted octanol–water partition coefficient (Wildman–Crippen LogP) is 2.31. The van der Waals surface area contributed by atoms with Crippen LogP contribution in [0.15, 0.2) is 35.7 Å². The van der Waals surface area contributed by atoms with Gasteiger partial charge in [-0.05, 0) is 54.5 Å². The van der Waals surface area contributed by atoms with E-state index >= 15 is 0 Å². The number of nitrogens with zero attached hydrogens (tertiary/aromatic N) is 2. The highest BCUT2D eigenvalue weighted by Gasteiger charge is 2.40. The number of fused-ring (bicyclic) bond motifs is 1. The lowest BCUT2D eigenvalue weighted by molar-refractivity contribution is -0.136. The Morgan fingerprint density at radius 1 is 1.17 bits per heavy atom. The van der Waals surface area contributed by atoms with Gasteiger partial charge in [0.2, 0.25) is 11.8 Å². The van der Waals surface area contributed by atoms with Crippen LogP contribution in [0.3, 0.4) is 0 Å². The van der Waals surface area contributed by atoms with Gasteiger partial charge >= 0.3 is 0 Å². The number of carbonyl (C=O) groups excluding carboxylic acids is 4. The first-order valence-electron chi connectivity index (χ1n) is 10.1. The van der Waals surface area contributed by atoms with Crippen LogP contribution < -0.4 is 5.32 Å². The molecule has 2 aromatic rings. The van der Waals surface area contributed by atoms with E-state index in [1.807, 2.05) is 22.4 Å². The maximum Gasteiger partial charge on any atom is 0.255 e. The van der Waals surface area contributed by atoms with Crippen molar-refractivity contribution < 1.29 is 19.2 Å². The molecule has 3 heterocycles. The number of nitrogens with one attached hydrogen (secondary N) is 1. The first-order valence-corrected chi connectivity index (χ1v) is 11.0. The van der Waals surface area contributed by atoms with Crippen molar-refractivity contribution in [1.29, 1.82) is 0 Å². The first-order chi connectivity index (χ1) is 14.5. The monoisotopic (exact) mass is 423 g/mol. The van der Waals surface area contributed by atoms with Crippen molar-refractivity contribution in [3.8, 4) is 0 Å². The van der Waals surface area contributed by atoms with Crippen LogP contribution in [0.2, 0.25) is 0 Å². The third-order valence-electron chi connectivity index (χ3n) is 5.93. The van der Waals surface area contributed by atoms with E-state index < -0.39 is 11.9 Å². The molecule has 1 N–H and O–H groups in total. The molecule has 1 aromatic carbocycles. The molecule has 0 spiro atoms. The van der Waals surface area contributed by atoms with Gasteiger partial charge in [-0.2, -0.15) is 0 Å². The number of piperidine rings is 1. The molecule has 1 saturated carbocycles. The zero-order valence-corrected chi connectivity index (χ0v) is 17.1. The highest BCUT2D eigenvalue weighted by molar-refractivity contribution is 7.09. The fourth-order valence-corrected chi connectivity index (χ4v) is 4.90. The number of imide groups is 1. The van der Waals surface area contributed by atoms with Crippen LogP contribution >= 0.6 is 11.3 Å². The minimum atomic E-state index is -0.649. The highest BCUT2D eigenvalue weighted by Crippen LogP contribution is 2.32. The van der Waals surface area contributed by atoms with Crippen LogP contribution in [-0.2, 0) is 22.7 Å². The van der Waals surface area contributed by atoms with Gasteiger partial charge in [-0.1, -0.05) is 6.07 Å². The average Bonchev–Trinajstić information content (AvgIpc) is 3.34. The van der Waals surface area contributed by atoms with Gasteiger partial charge in [-0.15, -0.1) is 11.3 Å². The molecular weight excluding hydrogens is 402 g/mol. The molecule has 1 unspecified atom stereocenters. The molecule has 1 aliphatic carbocycles. The Bertz CT molecular complexity index is 1040. The molecular formula is C22H21N3O4S. The second kappa shape index (κ2) is 7.36. The molecule has 7 nitrogen and oxygen atoms in total. The third kappa shape index (κ3) is 3.41. The van der Waals surface area contributed by atoms with Gasteiger partial charge in [-0.3, -0.25) is 24.5 Å². The van der Waals surface area contributed by atoms with Crippen molar-refractivity contribution in [3.05, 3.63) is 57.3 Å². The van der Waals surface area contributed by atoms with Crippen molar-refractivity contribution in [2.75, 3.05) is 0 Å². The largest absolute Gasteiger partial charge is 0.331 e. The summed E-state index contributed by atoms with van der Waals surface area (Å²) in [6.45, 7) is 0.871. The molecule has 30 heavy (non-hydrogen) atoms. The van der Waals surface area contributed by atoms with E-state index in [0.717, 1.165) is 23.3 Å². The molecule has 1 atom stereocenters. The van der Waals surface area contributed by atoms with Crippen LogP contribution in [-0.4, -0.2) is 45.5 Å². The summed E-state index contributed by atoms with van der Waals surface area (Å²) in [5, 5.41) is 4.32.